The minimum Gasteiger partial charge on any atom is -0.396 e. The second-order valence-corrected chi connectivity index (χ2v) is 8.64. The van der Waals surface area contributed by atoms with Crippen molar-refractivity contribution in [3.8, 4) is 6.07 Å². The average Bonchev–Trinajstić information content (AvgIpc) is 3.05. The van der Waals surface area contributed by atoms with E-state index in [0.717, 1.165) is 6.07 Å². The third-order valence-corrected chi connectivity index (χ3v) is 6.11. The van der Waals surface area contributed by atoms with Gasteiger partial charge in [0.15, 0.2) is 0 Å². The van der Waals surface area contributed by atoms with Gasteiger partial charge in [-0.25, -0.2) is 0 Å². The molecule has 8 heteroatoms. The van der Waals surface area contributed by atoms with Crippen molar-refractivity contribution >= 4 is 11.6 Å². The summed E-state index contributed by atoms with van der Waals surface area (Å²) in [7, 11) is 0. The van der Waals surface area contributed by atoms with Crippen LogP contribution in [0.15, 0.2) is 18.2 Å². The van der Waals surface area contributed by atoms with Gasteiger partial charge in [0.2, 0.25) is 5.91 Å². The highest BCUT2D eigenvalue weighted by molar-refractivity contribution is 5.76. The van der Waals surface area contributed by atoms with Gasteiger partial charge in [-0.15, -0.1) is 0 Å². The summed E-state index contributed by atoms with van der Waals surface area (Å²) in [6, 6.07) is 5.34. The van der Waals surface area contributed by atoms with Crippen molar-refractivity contribution < 1.29 is 23.1 Å². The average molecular weight is 409 g/mol. The predicted molar refractivity (Wildman–Crippen MR) is 102 cm³/mol. The summed E-state index contributed by atoms with van der Waals surface area (Å²) in [5, 5.41) is 19.2. The highest BCUT2D eigenvalue weighted by Crippen LogP contribution is 2.44. The van der Waals surface area contributed by atoms with Crippen LogP contribution in [0.3, 0.4) is 0 Å². The van der Waals surface area contributed by atoms with E-state index in [-0.39, 0.29) is 24.3 Å². The molecular weight excluding hydrogens is 383 g/mol. The van der Waals surface area contributed by atoms with E-state index >= 15 is 0 Å². The van der Waals surface area contributed by atoms with Crippen molar-refractivity contribution in [3.05, 3.63) is 29.3 Å². The number of aliphatic hydroxyl groups excluding tert-OH is 1. The molecule has 0 aliphatic carbocycles. The van der Waals surface area contributed by atoms with Crippen molar-refractivity contribution in [2.45, 2.75) is 32.9 Å². The molecule has 2 heterocycles. The van der Waals surface area contributed by atoms with Gasteiger partial charge in [0.1, 0.15) is 0 Å². The first kappa shape index (κ1) is 21.4. The Morgan fingerprint density at radius 3 is 2.69 bits per heavy atom. The number of fused-ring (bicyclic) bond motifs is 1. The second kappa shape index (κ2) is 7.86. The first-order valence-corrected chi connectivity index (χ1v) is 9.84. The normalized spacial score (nSPS) is 24.6. The summed E-state index contributed by atoms with van der Waals surface area (Å²) >= 11 is 0. The molecule has 5 nitrogen and oxygen atoms in total. The monoisotopic (exact) mass is 409 g/mol. The predicted octanol–water partition coefficient (Wildman–Crippen LogP) is 3.27. The number of hydrogen-bond acceptors (Lipinski definition) is 4. The van der Waals surface area contributed by atoms with Crippen LogP contribution in [0.4, 0.5) is 18.9 Å². The Bertz CT molecular complexity index is 818. The SMILES string of the molecule is CC(C)CC(=O)N1CC[C@H]2CN(c3ccc(C#N)c(C(F)(F)F)c3)C[C@@]2(CO)C1. The molecule has 0 aromatic heterocycles. The maximum Gasteiger partial charge on any atom is 0.417 e. The summed E-state index contributed by atoms with van der Waals surface area (Å²) in [6.07, 6.45) is -3.45. The topological polar surface area (TPSA) is 67.6 Å². The van der Waals surface area contributed by atoms with Crippen LogP contribution in [0.2, 0.25) is 0 Å². The molecule has 1 N–H and O–H groups in total. The highest BCUT2D eigenvalue weighted by Gasteiger charge is 2.50. The number of carbonyl (C=O) groups excluding carboxylic acids is 1. The quantitative estimate of drug-likeness (QED) is 0.829. The number of nitriles is 1. The molecule has 3 rings (SSSR count). The van der Waals surface area contributed by atoms with Crippen molar-refractivity contribution in [2.24, 2.45) is 17.3 Å². The molecule has 2 aliphatic heterocycles. The molecule has 158 valence electrons. The molecule has 0 saturated carbocycles. The molecule has 0 radical (unpaired) electrons. The maximum absolute atomic E-state index is 13.3. The number of carbonyl (C=O) groups is 1. The number of nitrogens with zero attached hydrogens (tertiary/aromatic N) is 3. The fourth-order valence-electron chi connectivity index (χ4n) is 4.56. The number of rotatable bonds is 4. The largest absolute Gasteiger partial charge is 0.417 e. The fourth-order valence-corrected chi connectivity index (χ4v) is 4.56. The molecule has 29 heavy (non-hydrogen) atoms. The van der Waals surface area contributed by atoms with Gasteiger partial charge in [0.25, 0.3) is 0 Å². The van der Waals surface area contributed by atoms with E-state index in [0.29, 0.717) is 44.7 Å². The second-order valence-electron chi connectivity index (χ2n) is 8.64. The van der Waals surface area contributed by atoms with Crippen LogP contribution in [0, 0.1) is 28.6 Å². The number of piperidine rings is 1. The minimum atomic E-state index is -4.61. The molecule has 1 amide bonds. The van der Waals surface area contributed by atoms with Crippen molar-refractivity contribution in [2.75, 3.05) is 37.7 Å². The molecular formula is C21H26F3N3O2. The lowest BCUT2D eigenvalue weighted by Crippen LogP contribution is -2.52. The summed E-state index contributed by atoms with van der Waals surface area (Å²) < 4.78 is 40.0. The number of hydrogen-bond donors (Lipinski definition) is 1. The third kappa shape index (κ3) is 4.20. The van der Waals surface area contributed by atoms with E-state index in [1.165, 1.54) is 12.1 Å². The van der Waals surface area contributed by atoms with E-state index in [1.807, 2.05) is 18.7 Å². The third-order valence-electron chi connectivity index (χ3n) is 6.11. The van der Waals surface area contributed by atoms with Gasteiger partial charge in [-0.1, -0.05) is 13.8 Å². The molecule has 2 aliphatic rings. The molecule has 0 unspecified atom stereocenters. The number of amides is 1. The molecule has 2 fully saturated rings. The minimum absolute atomic E-state index is 0.0578. The van der Waals surface area contributed by atoms with E-state index in [9.17, 15) is 23.1 Å². The summed E-state index contributed by atoms with van der Waals surface area (Å²) in [5.74, 6) is 0.396. The van der Waals surface area contributed by atoms with E-state index in [4.69, 9.17) is 5.26 Å². The van der Waals surface area contributed by atoms with Crippen molar-refractivity contribution in [3.63, 3.8) is 0 Å². The summed E-state index contributed by atoms with van der Waals surface area (Å²) in [5.41, 5.74) is -1.50. The van der Waals surface area contributed by atoms with Crippen LogP contribution in [0.5, 0.6) is 0 Å². The van der Waals surface area contributed by atoms with Gasteiger partial charge in [-0.2, -0.15) is 18.4 Å². The van der Waals surface area contributed by atoms with Crippen molar-refractivity contribution in [1.29, 1.82) is 5.26 Å². The summed E-state index contributed by atoms with van der Waals surface area (Å²) in [6.45, 7) is 5.76. The van der Waals surface area contributed by atoms with Crippen LogP contribution < -0.4 is 4.90 Å². The molecule has 2 atom stereocenters. The Hall–Kier alpha value is -2.27. The van der Waals surface area contributed by atoms with E-state index in [1.54, 1.807) is 11.0 Å². The van der Waals surface area contributed by atoms with E-state index in [2.05, 4.69) is 0 Å². The lowest BCUT2D eigenvalue weighted by molar-refractivity contribution is -0.138. The Balaban J connectivity index is 1.84. The van der Waals surface area contributed by atoms with Gasteiger partial charge in [-0.05, 0) is 36.5 Å². The molecule has 0 bridgehead atoms. The Kier molecular flexibility index (Phi) is 5.81. The fraction of sp³-hybridized carbons (Fsp3) is 0.619. The van der Waals surface area contributed by atoms with Crippen molar-refractivity contribution in [1.82, 2.24) is 4.90 Å². The number of anilines is 1. The number of aliphatic hydroxyl groups is 1. The van der Waals surface area contributed by atoms with Crippen LogP contribution in [0.25, 0.3) is 0 Å². The summed E-state index contributed by atoms with van der Waals surface area (Å²) in [4.78, 5) is 16.1. The molecule has 2 saturated heterocycles. The zero-order valence-corrected chi connectivity index (χ0v) is 16.7. The maximum atomic E-state index is 13.3. The number of benzene rings is 1. The van der Waals surface area contributed by atoms with Crippen LogP contribution in [-0.2, 0) is 11.0 Å². The van der Waals surface area contributed by atoms with Crippen LogP contribution >= 0.6 is 0 Å². The first-order chi connectivity index (χ1) is 13.6. The van der Waals surface area contributed by atoms with Gasteiger partial charge in [0, 0.05) is 43.7 Å². The van der Waals surface area contributed by atoms with Gasteiger partial charge >= 0.3 is 6.18 Å². The number of halogens is 3. The van der Waals surface area contributed by atoms with E-state index < -0.39 is 22.7 Å². The molecule has 0 spiro atoms. The standard InChI is InChI=1S/C21H26F3N3O2/c1-14(2)7-19(29)26-6-5-16-10-27(12-20(16,11-26)13-28)17-4-3-15(9-25)18(8-17)21(22,23)24/h3-4,8,14,16,28H,5-7,10-13H2,1-2H3/t16-,20+/m0/s1. The Labute approximate surface area is 168 Å². The lowest BCUT2D eigenvalue weighted by Gasteiger charge is -2.43. The van der Waals surface area contributed by atoms with Crippen LogP contribution in [-0.4, -0.2) is 48.7 Å². The highest BCUT2D eigenvalue weighted by atomic mass is 19.4. The lowest BCUT2D eigenvalue weighted by atomic mass is 9.74. The van der Waals surface area contributed by atoms with Crippen LogP contribution in [0.1, 0.15) is 37.8 Å². The first-order valence-electron chi connectivity index (χ1n) is 9.84. The van der Waals surface area contributed by atoms with Gasteiger partial charge < -0.3 is 14.9 Å². The van der Waals surface area contributed by atoms with Gasteiger partial charge in [0.05, 0.1) is 23.8 Å². The van der Waals surface area contributed by atoms with Gasteiger partial charge in [-0.3, -0.25) is 4.79 Å². The number of likely N-dealkylation sites (tertiary alicyclic amines) is 1. The Morgan fingerprint density at radius 1 is 1.38 bits per heavy atom. The number of alkyl halides is 3. The smallest absolute Gasteiger partial charge is 0.396 e. The molecule has 1 aromatic rings. The zero-order valence-electron chi connectivity index (χ0n) is 16.7. The Morgan fingerprint density at radius 2 is 2.10 bits per heavy atom. The zero-order chi connectivity index (χ0) is 21.4. The molecule has 1 aromatic carbocycles.